The van der Waals surface area contributed by atoms with Crippen molar-refractivity contribution in [3.63, 3.8) is 0 Å². The molecule has 0 spiro atoms. The number of nitrogens with zero attached hydrogens (tertiary/aromatic N) is 1. The van der Waals surface area contributed by atoms with E-state index in [1.165, 1.54) is 12.0 Å². The first-order valence-corrected chi connectivity index (χ1v) is 6.61. The highest BCUT2D eigenvalue weighted by atomic mass is 16.5. The number of aliphatic hydroxyl groups excluding tert-OH is 1. The van der Waals surface area contributed by atoms with Gasteiger partial charge >= 0.3 is 5.97 Å². The molecular weight excluding hydrogens is 234 g/mol. The van der Waals surface area contributed by atoms with Crippen molar-refractivity contribution >= 4 is 11.9 Å². The topological polar surface area (TPSA) is 66.8 Å². The van der Waals surface area contributed by atoms with Gasteiger partial charge < -0.3 is 14.7 Å². The predicted octanol–water partition coefficient (Wildman–Crippen LogP) is 0.557. The van der Waals surface area contributed by atoms with Crippen LogP contribution in [0.4, 0.5) is 0 Å². The summed E-state index contributed by atoms with van der Waals surface area (Å²) in [6, 6.07) is -0.606. The van der Waals surface area contributed by atoms with Gasteiger partial charge in [0.1, 0.15) is 6.04 Å². The number of hydrogen-bond donors (Lipinski definition) is 1. The molecular formula is C13H21NO4. The number of aliphatic hydroxyl groups is 1. The van der Waals surface area contributed by atoms with Gasteiger partial charge in [-0.1, -0.05) is 13.3 Å². The highest BCUT2D eigenvalue weighted by Gasteiger charge is 2.43. The molecule has 0 aromatic carbocycles. The molecule has 0 bridgehead atoms. The fourth-order valence-corrected chi connectivity index (χ4v) is 3.14. The number of carbonyl (C=O) groups excluding carboxylic acids is 2. The minimum absolute atomic E-state index is 0.00227. The van der Waals surface area contributed by atoms with E-state index in [2.05, 4.69) is 6.92 Å². The van der Waals surface area contributed by atoms with E-state index in [1.54, 1.807) is 0 Å². The van der Waals surface area contributed by atoms with Crippen LogP contribution in [0.15, 0.2) is 0 Å². The minimum atomic E-state index is -0.616. The third-order valence-corrected chi connectivity index (χ3v) is 4.21. The smallest absolute Gasteiger partial charge is 0.328 e. The number of β-amino-alcohol motifs (C(OH)–C–C–N with tert-alkyl or cyclic N) is 1. The number of methoxy groups -OCH3 is 1. The molecule has 1 aliphatic carbocycles. The van der Waals surface area contributed by atoms with Crippen molar-refractivity contribution in [2.75, 3.05) is 13.7 Å². The number of likely N-dealkylation sites (tertiary alicyclic amines) is 1. The fraction of sp³-hybridized carbons (Fsp3) is 0.846. The lowest BCUT2D eigenvalue weighted by Crippen LogP contribution is -2.44. The quantitative estimate of drug-likeness (QED) is 0.732. The zero-order valence-electron chi connectivity index (χ0n) is 11.0. The molecule has 1 saturated heterocycles. The van der Waals surface area contributed by atoms with E-state index in [9.17, 15) is 14.7 Å². The number of hydrogen-bond acceptors (Lipinski definition) is 4. The average Bonchev–Trinajstić information content (AvgIpc) is 2.93. The summed E-state index contributed by atoms with van der Waals surface area (Å²) < 4.78 is 4.71. The van der Waals surface area contributed by atoms with Gasteiger partial charge in [0.25, 0.3) is 0 Å². The predicted molar refractivity (Wildman–Crippen MR) is 64.6 cm³/mol. The second-order valence-electron chi connectivity index (χ2n) is 5.43. The Balaban J connectivity index is 2.10. The van der Waals surface area contributed by atoms with Gasteiger partial charge in [-0.3, -0.25) is 4.79 Å². The van der Waals surface area contributed by atoms with Crippen LogP contribution < -0.4 is 0 Å². The lowest BCUT2D eigenvalue weighted by atomic mass is 9.96. The summed E-state index contributed by atoms with van der Waals surface area (Å²) >= 11 is 0. The van der Waals surface area contributed by atoms with Crippen LogP contribution in [-0.4, -0.2) is 47.7 Å². The highest BCUT2D eigenvalue weighted by molar-refractivity contribution is 5.86. The third-order valence-electron chi connectivity index (χ3n) is 4.21. The largest absolute Gasteiger partial charge is 0.467 e. The maximum atomic E-state index is 12.4. The molecule has 1 saturated carbocycles. The second kappa shape index (κ2) is 5.26. The van der Waals surface area contributed by atoms with Gasteiger partial charge in [0.05, 0.1) is 13.2 Å². The normalized spacial score (nSPS) is 35.8. The maximum absolute atomic E-state index is 12.4. The molecule has 2 rings (SSSR count). The lowest BCUT2D eigenvalue weighted by molar-refractivity contribution is -0.152. The van der Waals surface area contributed by atoms with E-state index in [1.807, 2.05) is 0 Å². The standard InChI is InChI=1S/C13H21NO4/c1-8-4-3-5-10(8)12(16)14-7-9(15)6-11(14)13(17)18-2/h8-11,15H,3-7H2,1-2H3. The van der Waals surface area contributed by atoms with Gasteiger partial charge in [-0.05, 0) is 18.8 Å². The summed E-state index contributed by atoms with van der Waals surface area (Å²) in [6.07, 6.45) is 2.70. The summed E-state index contributed by atoms with van der Waals surface area (Å²) in [4.78, 5) is 25.6. The molecule has 5 nitrogen and oxygen atoms in total. The summed E-state index contributed by atoms with van der Waals surface area (Å²) in [5.74, 6) is -0.0477. The van der Waals surface area contributed by atoms with Crippen molar-refractivity contribution in [3.05, 3.63) is 0 Å². The molecule has 4 atom stereocenters. The molecule has 0 aromatic rings. The van der Waals surface area contributed by atoms with E-state index in [0.29, 0.717) is 12.3 Å². The van der Waals surface area contributed by atoms with Crippen LogP contribution in [0, 0.1) is 11.8 Å². The summed E-state index contributed by atoms with van der Waals surface area (Å²) in [6.45, 7) is 2.33. The van der Waals surface area contributed by atoms with Crippen molar-refractivity contribution in [3.8, 4) is 0 Å². The molecule has 0 aromatic heterocycles. The van der Waals surface area contributed by atoms with Gasteiger partial charge in [-0.15, -0.1) is 0 Å². The van der Waals surface area contributed by atoms with Crippen molar-refractivity contribution < 1.29 is 19.4 Å². The highest BCUT2D eigenvalue weighted by Crippen LogP contribution is 2.34. The van der Waals surface area contributed by atoms with Crippen LogP contribution in [-0.2, 0) is 14.3 Å². The van der Waals surface area contributed by atoms with Gasteiger partial charge in [0, 0.05) is 18.9 Å². The van der Waals surface area contributed by atoms with Crippen molar-refractivity contribution in [1.29, 1.82) is 0 Å². The summed E-state index contributed by atoms with van der Waals surface area (Å²) in [5.41, 5.74) is 0. The first-order valence-electron chi connectivity index (χ1n) is 6.61. The van der Waals surface area contributed by atoms with Crippen LogP contribution >= 0.6 is 0 Å². The van der Waals surface area contributed by atoms with Crippen LogP contribution in [0.5, 0.6) is 0 Å². The summed E-state index contributed by atoms with van der Waals surface area (Å²) in [7, 11) is 1.31. The molecule has 0 radical (unpaired) electrons. The first-order chi connectivity index (χ1) is 8.54. The molecule has 2 fully saturated rings. The SMILES string of the molecule is COC(=O)C1CC(O)CN1C(=O)C1CCCC1C. The Bertz CT molecular complexity index is 344. The lowest BCUT2D eigenvalue weighted by Gasteiger charge is -2.27. The zero-order valence-corrected chi connectivity index (χ0v) is 11.0. The molecule has 1 amide bonds. The van der Waals surface area contributed by atoms with Gasteiger partial charge in [-0.25, -0.2) is 4.79 Å². The van der Waals surface area contributed by atoms with E-state index in [4.69, 9.17) is 4.74 Å². The van der Waals surface area contributed by atoms with Crippen molar-refractivity contribution in [2.45, 2.75) is 44.8 Å². The molecule has 1 heterocycles. The Morgan fingerprint density at radius 2 is 2.06 bits per heavy atom. The molecule has 4 unspecified atom stereocenters. The monoisotopic (exact) mass is 255 g/mol. The zero-order chi connectivity index (χ0) is 13.3. The maximum Gasteiger partial charge on any atom is 0.328 e. The van der Waals surface area contributed by atoms with Gasteiger partial charge in [0.2, 0.25) is 5.91 Å². The average molecular weight is 255 g/mol. The molecule has 102 valence electrons. The Kier molecular flexibility index (Phi) is 3.90. The van der Waals surface area contributed by atoms with E-state index in [0.717, 1.165) is 19.3 Å². The molecule has 2 aliphatic rings. The van der Waals surface area contributed by atoms with Gasteiger partial charge in [-0.2, -0.15) is 0 Å². The molecule has 5 heteroatoms. The van der Waals surface area contributed by atoms with Crippen molar-refractivity contribution in [1.82, 2.24) is 4.90 Å². The molecule has 18 heavy (non-hydrogen) atoms. The Labute approximate surface area is 107 Å². The van der Waals surface area contributed by atoms with E-state index < -0.39 is 18.1 Å². The number of ether oxygens (including phenoxy) is 1. The van der Waals surface area contributed by atoms with Crippen LogP contribution in [0.2, 0.25) is 0 Å². The summed E-state index contributed by atoms with van der Waals surface area (Å²) in [5, 5.41) is 9.67. The van der Waals surface area contributed by atoms with Crippen LogP contribution in [0.1, 0.15) is 32.6 Å². The number of amides is 1. The van der Waals surface area contributed by atoms with E-state index >= 15 is 0 Å². The number of rotatable bonds is 2. The Hall–Kier alpha value is -1.10. The van der Waals surface area contributed by atoms with Crippen LogP contribution in [0.3, 0.4) is 0 Å². The second-order valence-corrected chi connectivity index (χ2v) is 5.43. The van der Waals surface area contributed by atoms with Gasteiger partial charge in [0.15, 0.2) is 0 Å². The third kappa shape index (κ3) is 2.36. The Morgan fingerprint density at radius 1 is 1.33 bits per heavy atom. The van der Waals surface area contributed by atoms with Crippen LogP contribution in [0.25, 0.3) is 0 Å². The number of esters is 1. The van der Waals surface area contributed by atoms with Crippen molar-refractivity contribution in [2.24, 2.45) is 11.8 Å². The minimum Gasteiger partial charge on any atom is -0.467 e. The molecule has 1 N–H and O–H groups in total. The molecule has 1 aliphatic heterocycles. The first kappa shape index (κ1) is 13.3. The number of carbonyl (C=O) groups is 2. The van der Waals surface area contributed by atoms with E-state index in [-0.39, 0.29) is 18.4 Å². The fourth-order valence-electron chi connectivity index (χ4n) is 3.14. The Morgan fingerprint density at radius 3 is 2.61 bits per heavy atom.